The molecule has 4 heteroatoms. The fraction of sp³-hybridized carbons (Fsp3) is 0.500. The first-order valence-electron chi connectivity index (χ1n) is 4.81. The van der Waals surface area contributed by atoms with Crippen molar-refractivity contribution in [2.24, 2.45) is 0 Å². The van der Waals surface area contributed by atoms with Crippen LogP contribution in [-0.4, -0.2) is 23.2 Å². The molecule has 0 atom stereocenters. The Morgan fingerprint density at radius 3 is 2.71 bits per heavy atom. The van der Waals surface area contributed by atoms with Crippen LogP contribution in [-0.2, 0) is 6.61 Å². The average Bonchev–Trinajstić information content (AvgIpc) is 2.70. The molecule has 2 heterocycles. The first-order chi connectivity index (χ1) is 6.81. The largest absolute Gasteiger partial charge is 0.392 e. The van der Waals surface area contributed by atoms with E-state index in [1.54, 1.807) is 12.3 Å². The summed E-state index contributed by atoms with van der Waals surface area (Å²) in [5.74, 6) is 0.848. The Balaban J connectivity index is 2.25. The van der Waals surface area contributed by atoms with E-state index in [0.29, 0.717) is 5.02 Å². The minimum atomic E-state index is -0.00694. The maximum atomic E-state index is 8.91. The van der Waals surface area contributed by atoms with E-state index in [-0.39, 0.29) is 6.61 Å². The van der Waals surface area contributed by atoms with Gasteiger partial charge in [0.25, 0.3) is 0 Å². The van der Waals surface area contributed by atoms with Crippen molar-refractivity contribution < 1.29 is 5.11 Å². The highest BCUT2D eigenvalue weighted by atomic mass is 35.5. The lowest BCUT2D eigenvalue weighted by atomic mass is 10.3. The molecule has 0 spiro atoms. The lowest BCUT2D eigenvalue weighted by molar-refractivity contribution is 0.281. The molecule has 1 fully saturated rings. The van der Waals surface area contributed by atoms with E-state index in [0.717, 1.165) is 24.5 Å². The first-order valence-corrected chi connectivity index (χ1v) is 5.19. The molecule has 0 amide bonds. The molecule has 1 N–H and O–H groups in total. The van der Waals surface area contributed by atoms with E-state index >= 15 is 0 Å². The second-order valence-electron chi connectivity index (χ2n) is 3.50. The van der Waals surface area contributed by atoms with E-state index in [9.17, 15) is 0 Å². The van der Waals surface area contributed by atoms with Crippen molar-refractivity contribution in [3.8, 4) is 0 Å². The molecule has 76 valence electrons. The second kappa shape index (κ2) is 4.15. The molecule has 0 saturated carbocycles. The first kappa shape index (κ1) is 9.74. The number of halogens is 1. The minimum Gasteiger partial charge on any atom is -0.392 e. The van der Waals surface area contributed by atoms with Gasteiger partial charge in [-0.3, -0.25) is 0 Å². The van der Waals surface area contributed by atoms with Gasteiger partial charge in [0.15, 0.2) is 0 Å². The molecule has 3 nitrogen and oxygen atoms in total. The topological polar surface area (TPSA) is 36.4 Å². The highest BCUT2D eigenvalue weighted by Gasteiger charge is 2.16. The maximum absolute atomic E-state index is 8.91. The summed E-state index contributed by atoms with van der Waals surface area (Å²) in [5.41, 5.74) is 0.762. The van der Waals surface area contributed by atoms with Gasteiger partial charge in [-0.05, 0) is 24.5 Å². The molecule has 0 aliphatic carbocycles. The van der Waals surface area contributed by atoms with E-state index in [4.69, 9.17) is 16.7 Å². The molecular formula is C10H13ClN2O. The number of hydrogen-bond donors (Lipinski definition) is 1. The minimum absolute atomic E-state index is 0.00694. The van der Waals surface area contributed by atoms with Crippen molar-refractivity contribution in [1.82, 2.24) is 4.98 Å². The highest BCUT2D eigenvalue weighted by molar-refractivity contribution is 6.33. The molecule has 2 rings (SSSR count). The lowest BCUT2D eigenvalue weighted by Gasteiger charge is -2.17. The molecule has 1 aliphatic rings. The molecule has 1 aromatic rings. The standard InChI is InChI=1S/C10H13ClN2O/c11-9-5-8(7-14)6-12-10(9)13-3-1-2-4-13/h5-6,14H,1-4,7H2. The fourth-order valence-electron chi connectivity index (χ4n) is 1.72. The Morgan fingerprint density at radius 2 is 2.14 bits per heavy atom. The quantitative estimate of drug-likeness (QED) is 0.813. The number of rotatable bonds is 2. The Labute approximate surface area is 88.3 Å². The van der Waals surface area contributed by atoms with Crippen LogP contribution in [0.3, 0.4) is 0 Å². The maximum Gasteiger partial charge on any atom is 0.147 e. The fourth-order valence-corrected chi connectivity index (χ4v) is 2.03. The van der Waals surface area contributed by atoms with Crippen molar-refractivity contribution in [3.05, 3.63) is 22.8 Å². The van der Waals surface area contributed by atoms with Crippen molar-refractivity contribution in [2.45, 2.75) is 19.4 Å². The van der Waals surface area contributed by atoms with Crippen LogP contribution in [0, 0.1) is 0 Å². The SMILES string of the molecule is OCc1cnc(N2CCCC2)c(Cl)c1. The summed E-state index contributed by atoms with van der Waals surface area (Å²) < 4.78 is 0. The van der Waals surface area contributed by atoms with Crippen LogP contribution in [0.1, 0.15) is 18.4 Å². The Hall–Kier alpha value is -0.800. The molecule has 0 unspecified atom stereocenters. The van der Waals surface area contributed by atoms with Crippen LogP contribution >= 0.6 is 11.6 Å². The van der Waals surface area contributed by atoms with E-state index in [1.807, 2.05) is 0 Å². The average molecular weight is 213 g/mol. The van der Waals surface area contributed by atoms with Crippen LogP contribution in [0.5, 0.6) is 0 Å². The van der Waals surface area contributed by atoms with Gasteiger partial charge in [-0.1, -0.05) is 11.6 Å². The van der Waals surface area contributed by atoms with Crippen molar-refractivity contribution >= 4 is 17.4 Å². The van der Waals surface area contributed by atoms with Gasteiger partial charge in [0.2, 0.25) is 0 Å². The summed E-state index contributed by atoms with van der Waals surface area (Å²) >= 11 is 6.07. The number of pyridine rings is 1. The molecule has 1 aromatic heterocycles. The van der Waals surface area contributed by atoms with Crippen LogP contribution in [0.4, 0.5) is 5.82 Å². The summed E-state index contributed by atoms with van der Waals surface area (Å²) in [5, 5.41) is 9.54. The third kappa shape index (κ3) is 1.83. The number of aliphatic hydroxyl groups is 1. The smallest absolute Gasteiger partial charge is 0.147 e. The van der Waals surface area contributed by atoms with E-state index in [1.165, 1.54) is 12.8 Å². The van der Waals surface area contributed by atoms with Gasteiger partial charge in [-0.2, -0.15) is 0 Å². The summed E-state index contributed by atoms with van der Waals surface area (Å²) in [4.78, 5) is 6.45. The molecular weight excluding hydrogens is 200 g/mol. The van der Waals surface area contributed by atoms with E-state index in [2.05, 4.69) is 9.88 Å². The number of aliphatic hydroxyl groups excluding tert-OH is 1. The molecule has 0 radical (unpaired) electrons. The van der Waals surface area contributed by atoms with Crippen LogP contribution in [0.2, 0.25) is 5.02 Å². The monoisotopic (exact) mass is 212 g/mol. The van der Waals surface area contributed by atoms with Gasteiger partial charge < -0.3 is 10.0 Å². The zero-order chi connectivity index (χ0) is 9.97. The molecule has 0 aromatic carbocycles. The van der Waals surface area contributed by atoms with Crippen LogP contribution in [0.25, 0.3) is 0 Å². The third-order valence-corrected chi connectivity index (χ3v) is 2.74. The van der Waals surface area contributed by atoms with Gasteiger partial charge in [-0.15, -0.1) is 0 Å². The van der Waals surface area contributed by atoms with E-state index < -0.39 is 0 Å². The number of hydrogen-bond acceptors (Lipinski definition) is 3. The molecule has 0 bridgehead atoms. The Bertz CT molecular complexity index is 324. The summed E-state index contributed by atoms with van der Waals surface area (Å²) in [6.45, 7) is 2.06. The van der Waals surface area contributed by atoms with Crippen LogP contribution < -0.4 is 4.90 Å². The number of nitrogens with zero attached hydrogens (tertiary/aromatic N) is 2. The Morgan fingerprint density at radius 1 is 1.43 bits per heavy atom. The third-order valence-electron chi connectivity index (χ3n) is 2.47. The zero-order valence-corrected chi connectivity index (χ0v) is 8.67. The number of aromatic nitrogens is 1. The molecule has 14 heavy (non-hydrogen) atoms. The summed E-state index contributed by atoms with van der Waals surface area (Å²) in [6, 6.07) is 1.78. The van der Waals surface area contributed by atoms with Gasteiger partial charge in [-0.25, -0.2) is 4.98 Å². The normalized spacial score (nSPS) is 16.3. The van der Waals surface area contributed by atoms with Gasteiger partial charge in [0, 0.05) is 19.3 Å². The van der Waals surface area contributed by atoms with Crippen molar-refractivity contribution in [3.63, 3.8) is 0 Å². The van der Waals surface area contributed by atoms with Crippen molar-refractivity contribution in [1.29, 1.82) is 0 Å². The molecule has 1 aliphatic heterocycles. The van der Waals surface area contributed by atoms with Gasteiger partial charge in [0.05, 0.1) is 11.6 Å². The van der Waals surface area contributed by atoms with Crippen LogP contribution in [0.15, 0.2) is 12.3 Å². The van der Waals surface area contributed by atoms with Gasteiger partial charge in [0.1, 0.15) is 5.82 Å². The zero-order valence-electron chi connectivity index (χ0n) is 7.91. The molecule has 1 saturated heterocycles. The predicted octanol–water partition coefficient (Wildman–Crippen LogP) is 1.83. The second-order valence-corrected chi connectivity index (χ2v) is 3.91. The van der Waals surface area contributed by atoms with Gasteiger partial charge >= 0.3 is 0 Å². The predicted molar refractivity (Wildman–Crippen MR) is 56.6 cm³/mol. The lowest BCUT2D eigenvalue weighted by Crippen LogP contribution is -2.19. The van der Waals surface area contributed by atoms with Crippen molar-refractivity contribution in [2.75, 3.05) is 18.0 Å². The highest BCUT2D eigenvalue weighted by Crippen LogP contribution is 2.26. The summed E-state index contributed by atoms with van der Waals surface area (Å²) in [7, 11) is 0. The number of anilines is 1. The summed E-state index contributed by atoms with van der Waals surface area (Å²) in [6.07, 6.45) is 4.10. The Kier molecular flexibility index (Phi) is 2.89.